The summed E-state index contributed by atoms with van der Waals surface area (Å²) in [7, 11) is 0. The first-order chi connectivity index (χ1) is 9.75. The summed E-state index contributed by atoms with van der Waals surface area (Å²) < 4.78 is 5.57. The first-order valence-electron chi connectivity index (χ1n) is 6.37. The topological polar surface area (TPSA) is 64.4 Å². The Bertz CT molecular complexity index is 542. The molecule has 0 saturated carbocycles. The Balaban J connectivity index is 1.58. The van der Waals surface area contributed by atoms with Crippen molar-refractivity contribution in [2.45, 2.75) is 13.0 Å². The van der Waals surface area contributed by atoms with Gasteiger partial charge in [-0.05, 0) is 31.2 Å². The number of thiophene rings is 1. The van der Waals surface area contributed by atoms with Crippen LogP contribution in [0.2, 0.25) is 0 Å². The second kappa shape index (κ2) is 7.62. The van der Waals surface area contributed by atoms with Gasteiger partial charge < -0.3 is 10.1 Å². The van der Waals surface area contributed by atoms with Crippen molar-refractivity contribution in [1.82, 2.24) is 5.32 Å². The number of ether oxygens (including phenoxy) is 1. The molecule has 1 aromatic heterocycles. The van der Waals surface area contributed by atoms with Gasteiger partial charge in [-0.25, -0.2) is 0 Å². The van der Waals surface area contributed by atoms with Crippen LogP contribution in [-0.2, 0) is 6.54 Å². The van der Waals surface area contributed by atoms with E-state index in [0.29, 0.717) is 13.2 Å². The van der Waals surface area contributed by atoms with Crippen molar-refractivity contribution in [3.8, 4) is 5.75 Å². The summed E-state index contributed by atoms with van der Waals surface area (Å²) in [4.78, 5) is 11.2. The summed E-state index contributed by atoms with van der Waals surface area (Å²) in [6.07, 6.45) is 0.891. The van der Waals surface area contributed by atoms with Crippen LogP contribution in [-0.4, -0.2) is 18.1 Å². The van der Waals surface area contributed by atoms with Crippen LogP contribution in [0.15, 0.2) is 42.5 Å². The van der Waals surface area contributed by atoms with E-state index in [0.717, 1.165) is 23.6 Å². The van der Waals surface area contributed by atoms with Crippen LogP contribution in [0, 0.1) is 10.1 Å². The minimum atomic E-state index is -0.359. The number of rotatable bonds is 8. The van der Waals surface area contributed by atoms with Crippen molar-refractivity contribution < 1.29 is 9.66 Å². The van der Waals surface area contributed by atoms with Crippen molar-refractivity contribution in [2.24, 2.45) is 0 Å². The molecule has 2 rings (SSSR count). The first-order valence-corrected chi connectivity index (χ1v) is 7.19. The van der Waals surface area contributed by atoms with Crippen molar-refractivity contribution >= 4 is 16.3 Å². The maximum Gasteiger partial charge on any atom is 0.324 e. The van der Waals surface area contributed by atoms with E-state index in [2.05, 4.69) is 5.32 Å². The Morgan fingerprint density at radius 2 is 2.00 bits per heavy atom. The fourth-order valence-electron chi connectivity index (χ4n) is 1.68. The zero-order valence-corrected chi connectivity index (χ0v) is 11.8. The number of nitrogens with one attached hydrogen (secondary N) is 1. The number of nitro groups is 1. The number of hydrogen-bond acceptors (Lipinski definition) is 5. The molecule has 0 saturated heterocycles. The highest BCUT2D eigenvalue weighted by molar-refractivity contribution is 7.15. The Labute approximate surface area is 121 Å². The average Bonchev–Trinajstić information content (AvgIpc) is 2.93. The third kappa shape index (κ3) is 4.64. The van der Waals surface area contributed by atoms with E-state index in [-0.39, 0.29) is 9.92 Å². The largest absolute Gasteiger partial charge is 0.494 e. The minimum absolute atomic E-state index is 0.189. The molecule has 0 spiro atoms. The molecule has 0 aliphatic rings. The van der Waals surface area contributed by atoms with Gasteiger partial charge >= 0.3 is 5.00 Å². The van der Waals surface area contributed by atoms with E-state index < -0.39 is 0 Å². The number of nitrogens with zero attached hydrogens (tertiary/aromatic N) is 1. The third-order valence-corrected chi connectivity index (χ3v) is 3.67. The molecule has 5 nitrogen and oxygen atoms in total. The van der Waals surface area contributed by atoms with Crippen LogP contribution >= 0.6 is 11.3 Å². The van der Waals surface area contributed by atoms with Crippen LogP contribution in [0.1, 0.15) is 11.3 Å². The molecule has 1 heterocycles. The van der Waals surface area contributed by atoms with Crippen LogP contribution in [0.4, 0.5) is 5.00 Å². The predicted octanol–water partition coefficient (Wildman–Crippen LogP) is 3.22. The fourth-order valence-corrected chi connectivity index (χ4v) is 2.46. The van der Waals surface area contributed by atoms with Gasteiger partial charge in [0.2, 0.25) is 0 Å². The Morgan fingerprint density at radius 1 is 1.20 bits per heavy atom. The molecule has 0 amide bonds. The molecule has 106 valence electrons. The summed E-state index contributed by atoms with van der Waals surface area (Å²) >= 11 is 1.21. The Morgan fingerprint density at radius 3 is 2.70 bits per heavy atom. The molecule has 1 aromatic carbocycles. The van der Waals surface area contributed by atoms with Crippen molar-refractivity contribution in [3.05, 3.63) is 57.5 Å². The molecule has 6 heteroatoms. The van der Waals surface area contributed by atoms with Gasteiger partial charge in [0.05, 0.1) is 11.5 Å². The molecule has 0 radical (unpaired) electrons. The summed E-state index contributed by atoms with van der Waals surface area (Å²) in [6, 6.07) is 13.0. The highest BCUT2D eigenvalue weighted by atomic mass is 32.1. The van der Waals surface area contributed by atoms with E-state index >= 15 is 0 Å². The smallest absolute Gasteiger partial charge is 0.324 e. The van der Waals surface area contributed by atoms with Gasteiger partial charge in [0.15, 0.2) is 0 Å². The standard InChI is InChI=1S/C14H16N2O3S/c17-16(18)14-8-7-13(20-14)11-15-9-4-10-19-12-5-2-1-3-6-12/h1-3,5-8,15H,4,9-11H2. The van der Waals surface area contributed by atoms with E-state index in [1.807, 2.05) is 30.3 Å². The lowest BCUT2D eigenvalue weighted by Gasteiger charge is -2.06. The second-order valence-corrected chi connectivity index (χ2v) is 5.34. The molecule has 0 fully saturated rings. The summed E-state index contributed by atoms with van der Waals surface area (Å²) in [5, 5.41) is 14.0. The molecular weight excluding hydrogens is 276 g/mol. The van der Waals surface area contributed by atoms with Gasteiger partial charge in [-0.1, -0.05) is 29.5 Å². The fraction of sp³-hybridized carbons (Fsp3) is 0.286. The Hall–Kier alpha value is -1.92. The minimum Gasteiger partial charge on any atom is -0.494 e. The molecular formula is C14H16N2O3S. The monoisotopic (exact) mass is 292 g/mol. The van der Waals surface area contributed by atoms with Crippen molar-refractivity contribution in [3.63, 3.8) is 0 Å². The van der Waals surface area contributed by atoms with E-state index in [9.17, 15) is 10.1 Å². The zero-order chi connectivity index (χ0) is 14.2. The summed E-state index contributed by atoms with van der Waals surface area (Å²) in [6.45, 7) is 2.13. The van der Waals surface area contributed by atoms with Gasteiger partial charge in [-0.15, -0.1) is 0 Å². The predicted molar refractivity (Wildman–Crippen MR) is 79.2 cm³/mol. The van der Waals surface area contributed by atoms with E-state index in [1.165, 1.54) is 11.3 Å². The SMILES string of the molecule is O=[N+]([O-])c1ccc(CNCCCOc2ccccc2)s1. The van der Waals surface area contributed by atoms with Gasteiger partial charge in [0.25, 0.3) is 0 Å². The van der Waals surface area contributed by atoms with Gasteiger partial charge in [0.1, 0.15) is 5.75 Å². The normalized spacial score (nSPS) is 10.4. The zero-order valence-electron chi connectivity index (χ0n) is 11.0. The summed E-state index contributed by atoms with van der Waals surface area (Å²) in [5.74, 6) is 0.876. The molecule has 2 aromatic rings. The molecule has 0 aliphatic carbocycles. The van der Waals surface area contributed by atoms with Crippen molar-refractivity contribution in [2.75, 3.05) is 13.2 Å². The second-order valence-electron chi connectivity index (χ2n) is 4.19. The van der Waals surface area contributed by atoms with E-state index in [1.54, 1.807) is 12.1 Å². The highest BCUT2D eigenvalue weighted by Gasteiger charge is 2.08. The van der Waals surface area contributed by atoms with E-state index in [4.69, 9.17) is 4.74 Å². The van der Waals surface area contributed by atoms with Gasteiger partial charge in [0, 0.05) is 17.5 Å². The molecule has 0 bridgehead atoms. The quantitative estimate of drug-likeness (QED) is 0.461. The third-order valence-electron chi connectivity index (χ3n) is 2.64. The maximum atomic E-state index is 10.5. The van der Waals surface area contributed by atoms with Crippen molar-refractivity contribution in [1.29, 1.82) is 0 Å². The van der Waals surface area contributed by atoms with Crippen LogP contribution in [0.25, 0.3) is 0 Å². The molecule has 0 atom stereocenters. The molecule has 1 N–H and O–H groups in total. The average molecular weight is 292 g/mol. The first kappa shape index (κ1) is 14.5. The Kier molecular flexibility index (Phi) is 5.52. The van der Waals surface area contributed by atoms with Gasteiger partial charge in [-0.3, -0.25) is 10.1 Å². The van der Waals surface area contributed by atoms with Crippen LogP contribution in [0.3, 0.4) is 0 Å². The number of hydrogen-bond donors (Lipinski definition) is 1. The maximum absolute atomic E-state index is 10.5. The molecule has 0 aliphatic heterocycles. The molecule has 20 heavy (non-hydrogen) atoms. The van der Waals surface area contributed by atoms with Crippen LogP contribution in [0.5, 0.6) is 5.75 Å². The summed E-state index contributed by atoms with van der Waals surface area (Å²) in [5.41, 5.74) is 0. The highest BCUT2D eigenvalue weighted by Crippen LogP contribution is 2.23. The lowest BCUT2D eigenvalue weighted by molar-refractivity contribution is -0.380. The lowest BCUT2D eigenvalue weighted by atomic mass is 10.3. The molecule has 0 unspecified atom stereocenters. The van der Waals surface area contributed by atoms with Gasteiger partial charge in [-0.2, -0.15) is 0 Å². The number of para-hydroxylation sites is 1. The lowest BCUT2D eigenvalue weighted by Crippen LogP contribution is -2.16. The van der Waals surface area contributed by atoms with Crippen LogP contribution < -0.4 is 10.1 Å². The number of benzene rings is 1.